The SMILES string of the molecule is CCCc1cc(C)[nH]c(=O)c1CNC(=O)c1cc(-c2ccc(N3CCN(CCNC(=O)OC(C)(C)C)CC3)nc2)cc2c1cnn2C(C)C.O=C(O)C(F)(F)F. The van der Waals surface area contributed by atoms with Crippen LogP contribution in [0, 0.1) is 6.92 Å². The molecule has 17 heteroatoms. The maximum absolute atomic E-state index is 13.8. The second-order valence-corrected chi connectivity index (χ2v) is 14.8. The molecule has 0 radical (unpaired) electrons. The minimum absolute atomic E-state index is 0.0960. The molecule has 56 heavy (non-hydrogen) atoms. The Balaban J connectivity index is 0.000000908. The number of carboxylic acids is 1. The summed E-state index contributed by atoms with van der Waals surface area (Å²) in [5, 5.41) is 18.3. The molecule has 1 fully saturated rings. The molecule has 5 rings (SSSR count). The summed E-state index contributed by atoms with van der Waals surface area (Å²) in [6.45, 7) is 18.4. The molecule has 2 amide bonds. The van der Waals surface area contributed by atoms with Crippen molar-refractivity contribution in [2.75, 3.05) is 44.2 Å². The number of amides is 2. The van der Waals surface area contributed by atoms with Crippen molar-refractivity contribution in [2.24, 2.45) is 0 Å². The maximum atomic E-state index is 13.8. The van der Waals surface area contributed by atoms with Crippen molar-refractivity contribution in [1.82, 2.24) is 35.3 Å². The number of halogens is 3. The number of pyridine rings is 2. The molecule has 3 aromatic heterocycles. The van der Waals surface area contributed by atoms with Crippen molar-refractivity contribution in [3.8, 4) is 11.1 Å². The number of ether oxygens (including phenoxy) is 1. The zero-order chi connectivity index (χ0) is 41.4. The molecule has 304 valence electrons. The van der Waals surface area contributed by atoms with Crippen molar-refractivity contribution < 1.29 is 37.4 Å². The van der Waals surface area contributed by atoms with Gasteiger partial charge in [0.05, 0.1) is 17.3 Å². The van der Waals surface area contributed by atoms with Crippen molar-refractivity contribution in [3.63, 3.8) is 0 Å². The van der Waals surface area contributed by atoms with Crippen LogP contribution in [0.3, 0.4) is 0 Å². The van der Waals surface area contributed by atoms with Crippen LogP contribution in [-0.4, -0.2) is 98.8 Å². The fourth-order valence-corrected chi connectivity index (χ4v) is 6.22. The van der Waals surface area contributed by atoms with Crippen LogP contribution in [-0.2, 0) is 22.5 Å². The van der Waals surface area contributed by atoms with Crippen molar-refractivity contribution in [2.45, 2.75) is 85.7 Å². The molecule has 1 aliphatic heterocycles. The molecule has 0 aliphatic carbocycles. The Hall–Kier alpha value is -5.45. The standard InChI is InChI=1S/C37H50N8O4.C2HF3O2/c1-8-9-26-18-25(4)42-35(47)30(26)22-40-34(46)29-19-28(20-32-31(29)23-41-45(32)24(2)3)27-10-11-33(39-21-27)44-16-14-43(15-17-44)13-12-38-36(48)49-37(5,6)7;3-2(4,5)1(6)7/h10-11,18-21,23-24H,8-9,12-17,22H2,1-7H3,(H,38,48)(H,40,46)(H,42,47);(H,6,7). The number of anilines is 1. The smallest absolute Gasteiger partial charge is 0.475 e. The highest BCUT2D eigenvalue weighted by Gasteiger charge is 2.38. The average Bonchev–Trinajstić information content (AvgIpc) is 3.55. The lowest BCUT2D eigenvalue weighted by atomic mass is 10.00. The van der Waals surface area contributed by atoms with E-state index < -0.39 is 23.8 Å². The molecule has 4 heterocycles. The predicted octanol–water partition coefficient (Wildman–Crippen LogP) is 5.84. The number of H-pyrrole nitrogens is 1. The summed E-state index contributed by atoms with van der Waals surface area (Å²) >= 11 is 0. The normalized spacial score (nSPS) is 13.7. The average molecular weight is 785 g/mol. The topological polar surface area (TPSA) is 175 Å². The third-order valence-corrected chi connectivity index (χ3v) is 8.87. The summed E-state index contributed by atoms with van der Waals surface area (Å²) in [6.07, 6.45) is -0.212. The molecule has 0 atom stereocenters. The van der Waals surface area contributed by atoms with Crippen LogP contribution in [0.15, 0.2) is 47.5 Å². The number of aromatic amines is 1. The zero-order valence-corrected chi connectivity index (χ0v) is 32.8. The Morgan fingerprint density at radius 3 is 2.25 bits per heavy atom. The van der Waals surface area contributed by atoms with E-state index in [1.54, 1.807) is 6.20 Å². The molecule has 0 saturated carbocycles. The number of rotatable bonds is 11. The van der Waals surface area contributed by atoms with E-state index in [2.05, 4.69) is 57.4 Å². The Morgan fingerprint density at radius 2 is 1.68 bits per heavy atom. The van der Waals surface area contributed by atoms with Crippen molar-refractivity contribution >= 4 is 34.7 Å². The molecular formula is C39H51F3N8O6. The number of benzene rings is 1. The van der Waals surface area contributed by atoms with E-state index in [1.807, 2.05) is 62.8 Å². The lowest BCUT2D eigenvalue weighted by molar-refractivity contribution is -0.192. The summed E-state index contributed by atoms with van der Waals surface area (Å²) in [5.41, 5.74) is 4.79. The first-order valence-electron chi connectivity index (χ1n) is 18.5. The lowest BCUT2D eigenvalue weighted by Crippen LogP contribution is -2.49. The molecule has 4 aromatic rings. The summed E-state index contributed by atoms with van der Waals surface area (Å²) in [5.74, 6) is -2.12. The molecule has 1 aliphatic rings. The third kappa shape index (κ3) is 11.8. The second-order valence-electron chi connectivity index (χ2n) is 14.8. The molecule has 0 spiro atoms. The van der Waals surface area contributed by atoms with Crippen LogP contribution in [0.2, 0.25) is 0 Å². The predicted molar refractivity (Wildman–Crippen MR) is 207 cm³/mol. The van der Waals surface area contributed by atoms with E-state index in [0.717, 1.165) is 84.7 Å². The quantitative estimate of drug-likeness (QED) is 0.145. The Morgan fingerprint density at radius 1 is 1.00 bits per heavy atom. The van der Waals surface area contributed by atoms with Crippen LogP contribution < -0.4 is 21.1 Å². The molecule has 0 bridgehead atoms. The van der Waals surface area contributed by atoms with Gasteiger partial charge in [-0.1, -0.05) is 13.3 Å². The minimum Gasteiger partial charge on any atom is -0.475 e. The second kappa shape index (κ2) is 18.5. The molecule has 1 aromatic carbocycles. The van der Waals surface area contributed by atoms with Crippen LogP contribution >= 0.6 is 0 Å². The number of fused-ring (bicyclic) bond motifs is 1. The number of nitrogens with zero attached hydrogens (tertiary/aromatic N) is 5. The van der Waals surface area contributed by atoms with Gasteiger partial charge in [-0.3, -0.25) is 19.2 Å². The summed E-state index contributed by atoms with van der Waals surface area (Å²) in [4.78, 5) is 59.7. The Bertz CT molecular complexity index is 2050. The first-order chi connectivity index (χ1) is 26.3. The van der Waals surface area contributed by atoms with Crippen molar-refractivity contribution in [3.05, 3.63) is 75.5 Å². The van der Waals surface area contributed by atoms with Gasteiger partial charge in [-0.05, 0) is 89.4 Å². The number of aliphatic carboxylic acids is 1. The van der Waals surface area contributed by atoms with Gasteiger partial charge in [0.2, 0.25) is 0 Å². The van der Waals surface area contributed by atoms with E-state index in [4.69, 9.17) is 19.6 Å². The Labute approximate surface area is 323 Å². The third-order valence-electron chi connectivity index (χ3n) is 8.87. The van der Waals surface area contributed by atoms with Crippen LogP contribution in [0.1, 0.15) is 81.2 Å². The largest absolute Gasteiger partial charge is 0.490 e. The number of aryl methyl sites for hydroxylation is 2. The van der Waals surface area contributed by atoms with E-state index in [9.17, 15) is 27.6 Å². The molecule has 1 saturated heterocycles. The van der Waals surface area contributed by atoms with E-state index in [1.165, 1.54) is 0 Å². The molecule has 0 unspecified atom stereocenters. The minimum atomic E-state index is -5.08. The number of carbonyl (C=O) groups excluding carboxylic acids is 2. The van der Waals surface area contributed by atoms with Gasteiger partial charge in [-0.25, -0.2) is 14.6 Å². The number of alkyl carbamates (subject to hydrolysis) is 1. The van der Waals surface area contributed by atoms with Gasteiger partial charge < -0.3 is 30.4 Å². The first kappa shape index (κ1) is 43.3. The molecule has 14 nitrogen and oxygen atoms in total. The van der Waals surface area contributed by atoms with E-state index >= 15 is 0 Å². The zero-order valence-electron chi connectivity index (χ0n) is 32.8. The lowest BCUT2D eigenvalue weighted by Gasteiger charge is -2.35. The number of carboxylic acid groups (broad SMARTS) is 1. The first-order valence-corrected chi connectivity index (χ1v) is 18.5. The van der Waals surface area contributed by atoms with Gasteiger partial charge in [0.1, 0.15) is 11.4 Å². The maximum Gasteiger partial charge on any atom is 0.490 e. The van der Waals surface area contributed by atoms with Crippen LogP contribution in [0.5, 0.6) is 0 Å². The summed E-state index contributed by atoms with van der Waals surface area (Å²) in [7, 11) is 0. The van der Waals surface area contributed by atoms with Gasteiger partial charge >= 0.3 is 18.2 Å². The number of hydrogen-bond acceptors (Lipinski definition) is 9. The number of nitrogens with one attached hydrogen (secondary N) is 3. The van der Waals surface area contributed by atoms with E-state index in [0.29, 0.717) is 17.7 Å². The summed E-state index contributed by atoms with van der Waals surface area (Å²) in [6, 6.07) is 10.1. The van der Waals surface area contributed by atoms with Gasteiger partial charge in [0, 0.05) is 80.3 Å². The number of carbonyl (C=O) groups is 3. The van der Waals surface area contributed by atoms with Crippen LogP contribution in [0.4, 0.5) is 23.8 Å². The molecular weight excluding hydrogens is 733 g/mol. The van der Waals surface area contributed by atoms with E-state index in [-0.39, 0.29) is 24.1 Å². The van der Waals surface area contributed by atoms with Crippen molar-refractivity contribution in [1.29, 1.82) is 0 Å². The summed E-state index contributed by atoms with van der Waals surface area (Å²) < 4.78 is 39.0. The van der Waals surface area contributed by atoms with Gasteiger partial charge in [-0.15, -0.1) is 0 Å². The number of aromatic nitrogens is 4. The highest BCUT2D eigenvalue weighted by atomic mass is 19.4. The number of hydrogen-bond donors (Lipinski definition) is 4. The highest BCUT2D eigenvalue weighted by Crippen LogP contribution is 2.30. The monoisotopic (exact) mass is 784 g/mol. The number of piperazine rings is 1. The van der Waals surface area contributed by atoms with Gasteiger partial charge in [-0.2, -0.15) is 18.3 Å². The fourth-order valence-electron chi connectivity index (χ4n) is 6.22. The van der Waals surface area contributed by atoms with Crippen LogP contribution in [0.25, 0.3) is 22.0 Å². The highest BCUT2D eigenvalue weighted by molar-refractivity contribution is 6.08. The fraction of sp³-hybridized carbons (Fsp3) is 0.487. The number of alkyl halides is 3. The van der Waals surface area contributed by atoms with Gasteiger partial charge in [0.25, 0.3) is 11.5 Å². The Kier molecular flexibility index (Phi) is 14.3. The molecule has 4 N–H and O–H groups in total. The van der Waals surface area contributed by atoms with Gasteiger partial charge in [0.15, 0.2) is 0 Å².